The van der Waals surface area contributed by atoms with Crippen LogP contribution in [0.4, 0.5) is 0 Å². The number of piperidine rings is 1. The van der Waals surface area contributed by atoms with E-state index in [1.54, 1.807) is 27.4 Å². The van der Waals surface area contributed by atoms with Gasteiger partial charge in [0.2, 0.25) is 5.75 Å². The molecule has 1 aromatic heterocycles. The van der Waals surface area contributed by atoms with Crippen LogP contribution in [0.1, 0.15) is 41.2 Å². The number of para-hydroxylation sites is 2. The number of aromatic nitrogens is 2. The maximum Gasteiger partial charge on any atom is 0.326 e. The number of carbonyl (C=O) groups is 1. The monoisotopic (exact) mass is 451 g/mol. The van der Waals surface area contributed by atoms with E-state index < -0.39 is 0 Å². The van der Waals surface area contributed by atoms with Gasteiger partial charge in [0.25, 0.3) is 0 Å². The first-order valence-corrected chi connectivity index (χ1v) is 11.4. The summed E-state index contributed by atoms with van der Waals surface area (Å²) in [5, 5.41) is 0. The van der Waals surface area contributed by atoms with Gasteiger partial charge in [-0.25, -0.2) is 4.79 Å². The van der Waals surface area contributed by atoms with E-state index >= 15 is 0 Å². The van der Waals surface area contributed by atoms with Gasteiger partial charge in [-0.1, -0.05) is 12.1 Å². The van der Waals surface area contributed by atoms with Gasteiger partial charge in [0.1, 0.15) is 0 Å². The van der Waals surface area contributed by atoms with E-state index in [-0.39, 0.29) is 23.6 Å². The Balaban J connectivity index is 1.37. The number of ketones is 1. The first-order valence-electron chi connectivity index (χ1n) is 11.4. The van der Waals surface area contributed by atoms with Crippen molar-refractivity contribution >= 4 is 16.8 Å². The van der Waals surface area contributed by atoms with Gasteiger partial charge in [-0.3, -0.25) is 14.3 Å². The van der Waals surface area contributed by atoms with E-state index in [2.05, 4.69) is 9.88 Å². The summed E-state index contributed by atoms with van der Waals surface area (Å²) < 4.78 is 18.4. The van der Waals surface area contributed by atoms with Crippen LogP contribution in [0.25, 0.3) is 11.0 Å². The molecule has 1 N–H and O–H groups in total. The highest BCUT2D eigenvalue weighted by Crippen LogP contribution is 2.45. The Bertz CT molecular complexity index is 1250. The van der Waals surface area contributed by atoms with E-state index in [0.717, 1.165) is 55.4 Å². The molecule has 2 aliphatic rings. The van der Waals surface area contributed by atoms with Gasteiger partial charge in [-0.15, -0.1) is 0 Å². The van der Waals surface area contributed by atoms with E-state index in [1.807, 2.05) is 28.8 Å². The summed E-state index contributed by atoms with van der Waals surface area (Å²) in [7, 11) is 4.72. The number of fused-ring (bicyclic) bond motifs is 2. The third-order valence-corrected chi connectivity index (χ3v) is 7.10. The van der Waals surface area contributed by atoms with Crippen molar-refractivity contribution in [2.24, 2.45) is 0 Å². The molecular weight excluding hydrogens is 422 g/mol. The van der Waals surface area contributed by atoms with Crippen molar-refractivity contribution in [1.29, 1.82) is 0 Å². The van der Waals surface area contributed by atoms with Gasteiger partial charge in [0.15, 0.2) is 17.3 Å². The van der Waals surface area contributed by atoms with Crippen molar-refractivity contribution in [2.45, 2.75) is 37.8 Å². The first kappa shape index (κ1) is 21.6. The van der Waals surface area contributed by atoms with Crippen molar-refractivity contribution in [1.82, 2.24) is 14.5 Å². The zero-order valence-corrected chi connectivity index (χ0v) is 19.2. The number of nitrogens with one attached hydrogen (secondary N) is 1. The standard InChI is InChI=1S/C25H29N3O5/c1-31-21-14-17-16(23(32-2)24(21)33-3)8-9-20(22(17)29)27-12-10-15(11-13-27)28-19-7-5-4-6-18(19)26-25(28)30/h4-7,14-15,20H,8-13H2,1-3H3,(H,26,30). The van der Waals surface area contributed by atoms with Gasteiger partial charge in [-0.2, -0.15) is 0 Å². The number of methoxy groups -OCH3 is 3. The van der Waals surface area contributed by atoms with Crippen molar-refractivity contribution < 1.29 is 19.0 Å². The summed E-state index contributed by atoms with van der Waals surface area (Å²) in [6.45, 7) is 1.54. The van der Waals surface area contributed by atoms with Crippen molar-refractivity contribution in [3.8, 4) is 17.2 Å². The van der Waals surface area contributed by atoms with Crippen LogP contribution in [0.15, 0.2) is 35.1 Å². The van der Waals surface area contributed by atoms with Crippen LogP contribution in [-0.2, 0) is 6.42 Å². The molecule has 5 rings (SSSR count). The molecule has 0 amide bonds. The third kappa shape index (κ3) is 3.49. The minimum absolute atomic E-state index is 0.0644. The molecule has 1 atom stereocenters. The number of carbonyl (C=O) groups excluding carboxylic acids is 1. The summed E-state index contributed by atoms with van der Waals surface area (Å²) in [6, 6.07) is 9.52. The molecule has 0 spiro atoms. The molecule has 3 aromatic rings. The number of aromatic amines is 1. The molecule has 1 saturated heterocycles. The van der Waals surface area contributed by atoms with Gasteiger partial charge in [0.05, 0.1) is 38.4 Å². The molecular formula is C25H29N3O5. The van der Waals surface area contributed by atoms with Crippen LogP contribution in [0.3, 0.4) is 0 Å². The fourth-order valence-corrected chi connectivity index (χ4v) is 5.52. The molecule has 1 fully saturated rings. The van der Waals surface area contributed by atoms with Gasteiger partial charge >= 0.3 is 5.69 Å². The molecule has 1 unspecified atom stereocenters. The minimum atomic E-state index is -0.180. The number of hydrogen-bond donors (Lipinski definition) is 1. The second-order valence-corrected chi connectivity index (χ2v) is 8.67. The van der Waals surface area contributed by atoms with E-state index in [4.69, 9.17) is 14.2 Å². The van der Waals surface area contributed by atoms with Gasteiger partial charge in [-0.05, 0) is 43.9 Å². The van der Waals surface area contributed by atoms with Gasteiger partial charge < -0.3 is 19.2 Å². The Morgan fingerprint density at radius 3 is 2.36 bits per heavy atom. The Morgan fingerprint density at radius 2 is 1.67 bits per heavy atom. The Hall–Kier alpha value is -3.26. The number of benzene rings is 2. The van der Waals surface area contributed by atoms with E-state index in [1.165, 1.54) is 0 Å². The van der Waals surface area contributed by atoms with E-state index in [9.17, 15) is 9.59 Å². The predicted molar refractivity (Wildman–Crippen MR) is 125 cm³/mol. The lowest BCUT2D eigenvalue weighted by Gasteiger charge is -2.39. The molecule has 2 aromatic carbocycles. The molecule has 0 saturated carbocycles. The van der Waals surface area contributed by atoms with Crippen LogP contribution >= 0.6 is 0 Å². The average molecular weight is 452 g/mol. The summed E-state index contributed by atoms with van der Waals surface area (Å²) in [5.41, 5.74) is 3.27. The van der Waals surface area contributed by atoms with Crippen LogP contribution in [0.2, 0.25) is 0 Å². The normalized spacial score (nSPS) is 19.5. The number of imidazole rings is 1. The first-order chi connectivity index (χ1) is 16.1. The van der Waals surface area contributed by atoms with E-state index in [0.29, 0.717) is 22.8 Å². The van der Waals surface area contributed by atoms with Crippen LogP contribution in [0, 0.1) is 0 Å². The Kier molecular flexibility index (Phi) is 5.62. The number of hydrogen-bond acceptors (Lipinski definition) is 6. The maximum absolute atomic E-state index is 13.5. The zero-order chi connectivity index (χ0) is 23.1. The topological polar surface area (TPSA) is 85.8 Å². The minimum Gasteiger partial charge on any atom is -0.493 e. The summed E-state index contributed by atoms with van der Waals surface area (Å²) in [5.74, 6) is 1.70. The highest BCUT2D eigenvalue weighted by molar-refractivity contribution is 6.04. The maximum atomic E-state index is 13.5. The molecule has 2 heterocycles. The predicted octanol–water partition coefficient (Wildman–Crippen LogP) is 3.19. The van der Waals surface area contributed by atoms with Crippen molar-refractivity contribution in [2.75, 3.05) is 34.4 Å². The number of nitrogens with zero attached hydrogens (tertiary/aromatic N) is 2. The largest absolute Gasteiger partial charge is 0.493 e. The molecule has 33 heavy (non-hydrogen) atoms. The quantitative estimate of drug-likeness (QED) is 0.641. The molecule has 1 aliphatic heterocycles. The Morgan fingerprint density at radius 1 is 0.939 bits per heavy atom. The number of H-pyrrole nitrogens is 1. The molecule has 174 valence electrons. The van der Waals surface area contributed by atoms with Gasteiger partial charge in [0, 0.05) is 30.3 Å². The second-order valence-electron chi connectivity index (χ2n) is 8.67. The highest BCUT2D eigenvalue weighted by atomic mass is 16.5. The number of likely N-dealkylation sites (tertiary alicyclic amines) is 1. The SMILES string of the molecule is COc1cc2c(c(OC)c1OC)CCC(N1CCC(n3c(=O)[nH]c4ccccc43)CC1)C2=O. The third-order valence-electron chi connectivity index (χ3n) is 7.10. The molecule has 8 nitrogen and oxygen atoms in total. The molecule has 0 bridgehead atoms. The molecule has 8 heteroatoms. The fraction of sp³-hybridized carbons (Fsp3) is 0.440. The highest BCUT2D eigenvalue weighted by Gasteiger charge is 2.37. The average Bonchev–Trinajstić information content (AvgIpc) is 3.19. The van der Waals surface area contributed by atoms with Crippen LogP contribution < -0.4 is 19.9 Å². The second kappa shape index (κ2) is 8.59. The summed E-state index contributed by atoms with van der Waals surface area (Å²) in [6.07, 6.45) is 3.12. The summed E-state index contributed by atoms with van der Waals surface area (Å²) >= 11 is 0. The number of ether oxygens (including phenoxy) is 3. The lowest BCUT2D eigenvalue weighted by atomic mass is 9.84. The molecule has 0 radical (unpaired) electrons. The lowest BCUT2D eigenvalue weighted by molar-refractivity contribution is 0.0711. The number of Topliss-reactive ketones (excluding diaryl/α,β-unsaturated/α-hetero) is 1. The smallest absolute Gasteiger partial charge is 0.326 e. The fourth-order valence-electron chi connectivity index (χ4n) is 5.52. The van der Waals surface area contributed by atoms with Crippen molar-refractivity contribution in [3.63, 3.8) is 0 Å². The van der Waals surface area contributed by atoms with Crippen LogP contribution in [-0.4, -0.2) is 60.7 Å². The lowest BCUT2D eigenvalue weighted by Crippen LogP contribution is -2.48. The van der Waals surface area contributed by atoms with Crippen molar-refractivity contribution in [3.05, 3.63) is 51.9 Å². The number of rotatable bonds is 5. The van der Waals surface area contributed by atoms with Crippen LogP contribution in [0.5, 0.6) is 17.2 Å². The summed E-state index contributed by atoms with van der Waals surface area (Å²) in [4.78, 5) is 31.3. The molecule has 1 aliphatic carbocycles. The zero-order valence-electron chi connectivity index (χ0n) is 19.2. The Labute approximate surface area is 192 Å².